The molecule has 1 rings (SSSR count). The van der Waals surface area contributed by atoms with E-state index in [1.165, 1.54) is 5.56 Å². The smallest absolute Gasteiger partial charge is 0.220 e. The third kappa shape index (κ3) is 5.28. The number of carbonyl (C=O) groups excluding carboxylic acids is 1. The van der Waals surface area contributed by atoms with Crippen molar-refractivity contribution in [1.29, 1.82) is 0 Å². The molecule has 0 fully saturated rings. The van der Waals surface area contributed by atoms with E-state index in [1.54, 1.807) is 7.11 Å². The van der Waals surface area contributed by atoms with Crippen molar-refractivity contribution in [2.24, 2.45) is 0 Å². The number of nitrogens with one attached hydrogen (secondary N) is 1. The van der Waals surface area contributed by atoms with Crippen LogP contribution in [0.2, 0.25) is 0 Å². The Morgan fingerprint density at radius 3 is 2.69 bits per heavy atom. The molecule has 0 saturated carbocycles. The van der Waals surface area contributed by atoms with Crippen molar-refractivity contribution in [3.8, 4) is 0 Å². The summed E-state index contributed by atoms with van der Waals surface area (Å²) in [7, 11) is 1.62. The van der Waals surface area contributed by atoms with E-state index in [0.717, 1.165) is 10.9 Å². The van der Waals surface area contributed by atoms with Crippen LogP contribution in [0.15, 0.2) is 28.7 Å². The van der Waals surface area contributed by atoms with Crippen LogP contribution in [0.4, 0.5) is 0 Å². The van der Waals surface area contributed by atoms with Gasteiger partial charge in [0, 0.05) is 24.5 Å². The van der Waals surface area contributed by atoms with Gasteiger partial charge in [-0.1, -0.05) is 28.1 Å². The molecule has 0 aliphatic rings. The van der Waals surface area contributed by atoms with Crippen LogP contribution in [0.5, 0.6) is 0 Å². The molecular formula is C12H16BrNO2. The molecule has 0 heterocycles. The minimum absolute atomic E-state index is 0.0694. The molecular weight excluding hydrogens is 270 g/mol. The van der Waals surface area contributed by atoms with E-state index in [0.29, 0.717) is 19.6 Å². The van der Waals surface area contributed by atoms with Gasteiger partial charge < -0.3 is 10.1 Å². The molecule has 4 heteroatoms. The average Bonchev–Trinajstić information content (AvgIpc) is 2.29. The monoisotopic (exact) mass is 285 g/mol. The summed E-state index contributed by atoms with van der Waals surface area (Å²) in [4.78, 5) is 11.4. The lowest BCUT2D eigenvalue weighted by molar-refractivity contribution is -0.121. The van der Waals surface area contributed by atoms with Crippen LogP contribution in [0.25, 0.3) is 0 Å². The van der Waals surface area contributed by atoms with E-state index in [9.17, 15) is 4.79 Å². The molecule has 1 N–H and O–H groups in total. The van der Waals surface area contributed by atoms with Crippen LogP contribution in [0.3, 0.4) is 0 Å². The number of halogens is 1. The maximum absolute atomic E-state index is 11.4. The summed E-state index contributed by atoms with van der Waals surface area (Å²) in [6.45, 7) is 1.14. The predicted octanol–water partition coefficient (Wildman–Crippen LogP) is 2.14. The van der Waals surface area contributed by atoms with Gasteiger partial charge in [-0.2, -0.15) is 0 Å². The number of amides is 1. The van der Waals surface area contributed by atoms with Gasteiger partial charge in [-0.05, 0) is 24.1 Å². The summed E-state index contributed by atoms with van der Waals surface area (Å²) in [5.41, 5.74) is 1.17. The lowest BCUT2D eigenvalue weighted by Gasteiger charge is -2.04. The van der Waals surface area contributed by atoms with Crippen LogP contribution in [-0.4, -0.2) is 26.2 Å². The summed E-state index contributed by atoms with van der Waals surface area (Å²) in [5, 5.41) is 2.79. The van der Waals surface area contributed by atoms with Gasteiger partial charge in [-0.15, -0.1) is 0 Å². The maximum atomic E-state index is 11.4. The molecule has 1 aromatic rings. The van der Waals surface area contributed by atoms with Gasteiger partial charge >= 0.3 is 0 Å². The first-order valence-corrected chi connectivity index (χ1v) is 6.02. The van der Waals surface area contributed by atoms with Gasteiger partial charge in [0.2, 0.25) is 5.91 Å². The van der Waals surface area contributed by atoms with Crippen molar-refractivity contribution in [3.05, 3.63) is 34.3 Å². The number of hydrogen-bond donors (Lipinski definition) is 1. The fourth-order valence-electron chi connectivity index (χ4n) is 1.29. The summed E-state index contributed by atoms with van der Waals surface area (Å²) in [6, 6.07) is 8.01. The van der Waals surface area contributed by atoms with E-state index < -0.39 is 0 Å². The van der Waals surface area contributed by atoms with Crippen LogP contribution in [-0.2, 0) is 16.0 Å². The zero-order valence-corrected chi connectivity index (χ0v) is 10.9. The number of benzene rings is 1. The second-order valence-electron chi connectivity index (χ2n) is 3.47. The first-order chi connectivity index (χ1) is 7.72. The Kier molecular flexibility index (Phi) is 6.11. The summed E-state index contributed by atoms with van der Waals surface area (Å²) >= 11 is 3.37. The number of methoxy groups -OCH3 is 1. The molecule has 0 aliphatic heterocycles. The largest absolute Gasteiger partial charge is 0.383 e. The van der Waals surface area contributed by atoms with E-state index in [2.05, 4.69) is 21.2 Å². The molecule has 1 amide bonds. The molecule has 88 valence electrons. The molecule has 16 heavy (non-hydrogen) atoms. The fourth-order valence-corrected chi connectivity index (χ4v) is 1.55. The number of hydrogen-bond acceptors (Lipinski definition) is 2. The van der Waals surface area contributed by atoms with Gasteiger partial charge in [0.05, 0.1) is 6.61 Å². The van der Waals surface area contributed by atoms with Crippen LogP contribution in [0.1, 0.15) is 12.0 Å². The number of aryl methyl sites for hydroxylation is 1. The highest BCUT2D eigenvalue weighted by Crippen LogP contribution is 2.11. The van der Waals surface area contributed by atoms with Gasteiger partial charge in [0.15, 0.2) is 0 Å². The number of rotatable bonds is 6. The highest BCUT2D eigenvalue weighted by Gasteiger charge is 2.01. The molecule has 0 unspecified atom stereocenters. The lowest BCUT2D eigenvalue weighted by Crippen LogP contribution is -2.27. The first kappa shape index (κ1) is 13.2. The molecule has 0 atom stereocenters. The fraction of sp³-hybridized carbons (Fsp3) is 0.417. The zero-order valence-electron chi connectivity index (χ0n) is 9.33. The van der Waals surface area contributed by atoms with E-state index in [-0.39, 0.29) is 5.91 Å². The molecule has 0 spiro atoms. The van der Waals surface area contributed by atoms with Crippen molar-refractivity contribution >= 4 is 21.8 Å². The Hall–Kier alpha value is -0.870. The standard InChI is InChI=1S/C12H16BrNO2/c1-16-9-8-14-12(15)7-4-10-2-5-11(13)6-3-10/h2-3,5-6H,4,7-9H2,1H3,(H,14,15). The van der Waals surface area contributed by atoms with Crippen molar-refractivity contribution in [2.45, 2.75) is 12.8 Å². The number of carbonyl (C=O) groups is 1. The van der Waals surface area contributed by atoms with Crippen LogP contribution in [0, 0.1) is 0 Å². The Bertz CT molecular complexity index is 324. The van der Waals surface area contributed by atoms with Crippen molar-refractivity contribution in [3.63, 3.8) is 0 Å². The Morgan fingerprint density at radius 1 is 1.38 bits per heavy atom. The second kappa shape index (κ2) is 7.41. The highest BCUT2D eigenvalue weighted by atomic mass is 79.9. The predicted molar refractivity (Wildman–Crippen MR) is 67.3 cm³/mol. The molecule has 3 nitrogen and oxygen atoms in total. The Balaban J connectivity index is 2.23. The normalized spacial score (nSPS) is 10.1. The van der Waals surface area contributed by atoms with Crippen molar-refractivity contribution < 1.29 is 9.53 Å². The number of ether oxygens (including phenoxy) is 1. The van der Waals surface area contributed by atoms with Crippen molar-refractivity contribution in [1.82, 2.24) is 5.32 Å². The quantitative estimate of drug-likeness (QED) is 0.814. The Morgan fingerprint density at radius 2 is 2.06 bits per heavy atom. The van der Waals surface area contributed by atoms with Gasteiger partial charge in [0.25, 0.3) is 0 Å². The third-order valence-corrected chi connectivity index (χ3v) is 2.71. The molecule has 0 radical (unpaired) electrons. The van der Waals surface area contributed by atoms with Crippen molar-refractivity contribution in [2.75, 3.05) is 20.3 Å². The maximum Gasteiger partial charge on any atom is 0.220 e. The summed E-state index contributed by atoms with van der Waals surface area (Å²) in [5.74, 6) is 0.0694. The molecule has 1 aromatic carbocycles. The third-order valence-electron chi connectivity index (χ3n) is 2.18. The summed E-state index contributed by atoms with van der Waals surface area (Å²) < 4.78 is 5.90. The van der Waals surface area contributed by atoms with Crippen LogP contribution >= 0.6 is 15.9 Å². The molecule has 0 aliphatic carbocycles. The van der Waals surface area contributed by atoms with Gasteiger partial charge in [-0.3, -0.25) is 4.79 Å². The average molecular weight is 286 g/mol. The minimum atomic E-state index is 0.0694. The lowest BCUT2D eigenvalue weighted by atomic mass is 10.1. The Labute approximate surface area is 104 Å². The SMILES string of the molecule is COCCNC(=O)CCc1ccc(Br)cc1. The minimum Gasteiger partial charge on any atom is -0.383 e. The summed E-state index contributed by atoms with van der Waals surface area (Å²) in [6.07, 6.45) is 1.29. The van der Waals surface area contributed by atoms with Gasteiger partial charge in [0.1, 0.15) is 0 Å². The molecule has 0 saturated heterocycles. The molecule has 0 aromatic heterocycles. The first-order valence-electron chi connectivity index (χ1n) is 5.22. The molecule has 0 bridgehead atoms. The van der Waals surface area contributed by atoms with E-state index in [1.807, 2.05) is 24.3 Å². The van der Waals surface area contributed by atoms with Gasteiger partial charge in [-0.25, -0.2) is 0 Å². The topological polar surface area (TPSA) is 38.3 Å². The van der Waals surface area contributed by atoms with E-state index >= 15 is 0 Å². The van der Waals surface area contributed by atoms with Crippen LogP contribution < -0.4 is 5.32 Å². The zero-order chi connectivity index (χ0) is 11.8. The van der Waals surface area contributed by atoms with E-state index in [4.69, 9.17) is 4.74 Å². The highest BCUT2D eigenvalue weighted by molar-refractivity contribution is 9.10. The second-order valence-corrected chi connectivity index (χ2v) is 4.38.